The van der Waals surface area contributed by atoms with Gasteiger partial charge in [-0.1, -0.05) is 23.8 Å². The molecule has 0 unspecified atom stereocenters. The van der Waals surface area contributed by atoms with Gasteiger partial charge in [-0.2, -0.15) is 0 Å². The van der Waals surface area contributed by atoms with Crippen molar-refractivity contribution in [1.29, 1.82) is 0 Å². The van der Waals surface area contributed by atoms with Crippen LogP contribution in [-0.4, -0.2) is 23.8 Å². The van der Waals surface area contributed by atoms with Crippen molar-refractivity contribution >= 4 is 17.5 Å². The number of ether oxygens (including phenoxy) is 1. The van der Waals surface area contributed by atoms with Gasteiger partial charge in [0.25, 0.3) is 0 Å². The van der Waals surface area contributed by atoms with Crippen LogP contribution < -0.4 is 4.74 Å². The molecule has 4 heteroatoms. The number of allylic oxidation sites excluding steroid dienone is 2. The zero-order chi connectivity index (χ0) is 14.4. The number of benzene rings is 1. The summed E-state index contributed by atoms with van der Waals surface area (Å²) in [6.07, 6.45) is 0. The molecule has 0 radical (unpaired) electrons. The molecule has 19 heavy (non-hydrogen) atoms. The molecule has 0 bridgehead atoms. The van der Waals surface area contributed by atoms with Crippen molar-refractivity contribution < 1.29 is 9.53 Å². The Labute approximate surface area is 119 Å². The number of para-hydroxylation sites is 1. The van der Waals surface area contributed by atoms with Crippen molar-refractivity contribution in [2.24, 2.45) is 0 Å². The Kier molecular flexibility index (Phi) is 5.90. The van der Waals surface area contributed by atoms with Crippen LogP contribution in [0.4, 0.5) is 0 Å². The molecule has 0 aliphatic rings. The van der Waals surface area contributed by atoms with E-state index in [9.17, 15) is 4.79 Å². The van der Waals surface area contributed by atoms with Crippen molar-refractivity contribution in [3.05, 3.63) is 41.1 Å². The fourth-order valence-corrected chi connectivity index (χ4v) is 1.88. The summed E-state index contributed by atoms with van der Waals surface area (Å²) in [7, 11) is 1.63. The topological polar surface area (TPSA) is 29.5 Å². The lowest BCUT2D eigenvalue weighted by atomic mass is 10.1. The molecular weight excluding hydrogens is 262 g/mol. The largest absolute Gasteiger partial charge is 0.496 e. The molecule has 0 saturated carbocycles. The summed E-state index contributed by atoms with van der Waals surface area (Å²) in [6.45, 7) is 6.35. The molecule has 0 fully saturated rings. The average molecular weight is 282 g/mol. The normalized spacial score (nSPS) is 9.95. The zero-order valence-electron chi connectivity index (χ0n) is 11.9. The Morgan fingerprint density at radius 2 is 1.89 bits per heavy atom. The first-order chi connectivity index (χ1) is 9.01. The lowest BCUT2D eigenvalue weighted by Crippen LogP contribution is -2.30. The third-order valence-corrected chi connectivity index (χ3v) is 3.29. The van der Waals surface area contributed by atoms with Crippen LogP contribution in [0.5, 0.6) is 5.75 Å². The fraction of sp³-hybridized carbons (Fsp3) is 0.400. The van der Waals surface area contributed by atoms with Crippen LogP contribution in [-0.2, 0) is 11.3 Å². The highest BCUT2D eigenvalue weighted by atomic mass is 35.5. The molecule has 3 nitrogen and oxygen atoms in total. The van der Waals surface area contributed by atoms with Crippen LogP contribution in [0.15, 0.2) is 35.5 Å². The summed E-state index contributed by atoms with van der Waals surface area (Å²) in [6, 6.07) is 7.67. The van der Waals surface area contributed by atoms with E-state index >= 15 is 0 Å². The lowest BCUT2D eigenvalue weighted by Gasteiger charge is -2.25. The molecular formula is C15H20ClNO2. The average Bonchev–Trinajstić information content (AvgIpc) is 2.43. The van der Waals surface area contributed by atoms with Gasteiger partial charge in [0, 0.05) is 11.3 Å². The maximum Gasteiger partial charge on any atom is 0.241 e. The monoisotopic (exact) mass is 281 g/mol. The van der Waals surface area contributed by atoms with Gasteiger partial charge < -0.3 is 9.64 Å². The number of rotatable bonds is 5. The first kappa shape index (κ1) is 15.6. The van der Waals surface area contributed by atoms with Gasteiger partial charge in [-0.05, 0) is 26.8 Å². The van der Waals surface area contributed by atoms with E-state index in [1.165, 1.54) is 0 Å². The Balaban J connectivity index is 3.08. The first-order valence-corrected chi connectivity index (χ1v) is 6.67. The molecule has 0 N–H and O–H groups in total. The summed E-state index contributed by atoms with van der Waals surface area (Å²) in [5.41, 5.74) is 2.98. The van der Waals surface area contributed by atoms with Crippen LogP contribution in [0.3, 0.4) is 0 Å². The fourth-order valence-electron chi connectivity index (χ4n) is 1.74. The predicted octanol–water partition coefficient (Wildman–Crippen LogP) is 3.58. The minimum absolute atomic E-state index is 0.0280. The first-order valence-electron chi connectivity index (χ1n) is 6.13. The van der Waals surface area contributed by atoms with Gasteiger partial charge in [0.1, 0.15) is 11.6 Å². The van der Waals surface area contributed by atoms with Gasteiger partial charge in [-0.3, -0.25) is 4.79 Å². The number of carbonyl (C=O) groups is 1. The third kappa shape index (κ3) is 4.00. The van der Waals surface area contributed by atoms with E-state index in [1.807, 2.05) is 45.0 Å². The Bertz CT molecular complexity index is 479. The van der Waals surface area contributed by atoms with Gasteiger partial charge >= 0.3 is 0 Å². The Morgan fingerprint density at radius 3 is 2.42 bits per heavy atom. The maximum atomic E-state index is 12.0. The van der Waals surface area contributed by atoms with Gasteiger partial charge in [-0.25, -0.2) is 0 Å². The Hall–Kier alpha value is -1.48. The summed E-state index contributed by atoms with van der Waals surface area (Å²) >= 11 is 5.69. The van der Waals surface area contributed by atoms with Crippen molar-refractivity contribution in [3.8, 4) is 5.75 Å². The van der Waals surface area contributed by atoms with Crippen LogP contribution in [0, 0.1) is 0 Å². The molecule has 0 aromatic heterocycles. The predicted molar refractivity (Wildman–Crippen MR) is 78.3 cm³/mol. The molecule has 0 spiro atoms. The van der Waals surface area contributed by atoms with Gasteiger partial charge in [0.2, 0.25) is 5.91 Å². The summed E-state index contributed by atoms with van der Waals surface area (Å²) < 4.78 is 5.31. The minimum Gasteiger partial charge on any atom is -0.496 e. The molecule has 0 heterocycles. The van der Waals surface area contributed by atoms with E-state index in [1.54, 1.807) is 12.0 Å². The number of carbonyl (C=O) groups excluding carboxylic acids is 1. The summed E-state index contributed by atoms with van der Waals surface area (Å²) in [5.74, 6) is 0.641. The van der Waals surface area contributed by atoms with Crippen LogP contribution in [0.1, 0.15) is 26.3 Å². The lowest BCUT2D eigenvalue weighted by molar-refractivity contribution is -0.127. The number of amides is 1. The number of alkyl halides is 1. The van der Waals surface area contributed by atoms with Crippen molar-refractivity contribution in [1.82, 2.24) is 4.90 Å². The molecule has 0 saturated heterocycles. The molecule has 104 valence electrons. The number of halogens is 1. The number of hydrogen-bond acceptors (Lipinski definition) is 2. The van der Waals surface area contributed by atoms with Crippen LogP contribution in [0.25, 0.3) is 0 Å². The van der Waals surface area contributed by atoms with E-state index in [2.05, 4.69) is 0 Å². The molecule has 0 aliphatic heterocycles. The molecule has 0 aliphatic carbocycles. The molecule has 0 atom stereocenters. The van der Waals surface area contributed by atoms with E-state index < -0.39 is 0 Å². The van der Waals surface area contributed by atoms with E-state index in [0.29, 0.717) is 6.54 Å². The van der Waals surface area contributed by atoms with Crippen LogP contribution >= 0.6 is 11.6 Å². The quantitative estimate of drug-likeness (QED) is 0.772. The standard InChI is InChI=1S/C15H20ClNO2/c1-11(2)12(3)17(15(18)9-16)10-13-7-5-6-8-14(13)19-4/h5-8H,9-10H2,1-4H3. The molecule has 1 aromatic rings. The highest BCUT2D eigenvalue weighted by Crippen LogP contribution is 2.22. The summed E-state index contributed by atoms with van der Waals surface area (Å²) in [4.78, 5) is 13.7. The highest BCUT2D eigenvalue weighted by Gasteiger charge is 2.17. The second-order valence-electron chi connectivity index (χ2n) is 4.51. The second kappa shape index (κ2) is 7.19. The maximum absolute atomic E-state index is 12.0. The number of nitrogens with zero attached hydrogens (tertiary/aromatic N) is 1. The highest BCUT2D eigenvalue weighted by molar-refractivity contribution is 6.27. The number of methoxy groups -OCH3 is 1. The van der Waals surface area contributed by atoms with Crippen molar-refractivity contribution in [2.75, 3.05) is 13.0 Å². The van der Waals surface area contributed by atoms with Gasteiger partial charge in [0.15, 0.2) is 0 Å². The van der Waals surface area contributed by atoms with Gasteiger partial charge in [-0.15, -0.1) is 11.6 Å². The van der Waals surface area contributed by atoms with Crippen molar-refractivity contribution in [3.63, 3.8) is 0 Å². The molecule has 1 aromatic carbocycles. The smallest absolute Gasteiger partial charge is 0.241 e. The van der Waals surface area contributed by atoms with Crippen molar-refractivity contribution in [2.45, 2.75) is 27.3 Å². The second-order valence-corrected chi connectivity index (χ2v) is 4.78. The van der Waals surface area contributed by atoms with E-state index in [4.69, 9.17) is 16.3 Å². The van der Waals surface area contributed by atoms with E-state index in [0.717, 1.165) is 22.6 Å². The molecule has 1 amide bonds. The van der Waals surface area contributed by atoms with E-state index in [-0.39, 0.29) is 11.8 Å². The van der Waals surface area contributed by atoms with Gasteiger partial charge in [0.05, 0.1) is 13.7 Å². The summed E-state index contributed by atoms with van der Waals surface area (Å²) in [5, 5.41) is 0. The SMILES string of the molecule is COc1ccccc1CN(C(=O)CCl)C(C)=C(C)C. The minimum atomic E-state index is -0.105. The molecule has 1 rings (SSSR count). The third-order valence-electron chi connectivity index (χ3n) is 3.06. The Morgan fingerprint density at radius 1 is 1.26 bits per heavy atom. The number of hydrogen-bond donors (Lipinski definition) is 0. The van der Waals surface area contributed by atoms with Crippen LogP contribution in [0.2, 0.25) is 0 Å². The zero-order valence-corrected chi connectivity index (χ0v) is 12.6.